The van der Waals surface area contributed by atoms with Crippen molar-refractivity contribution in [2.75, 3.05) is 0 Å². The summed E-state index contributed by atoms with van der Waals surface area (Å²) in [6.07, 6.45) is -2.88. The van der Waals surface area contributed by atoms with Crippen molar-refractivity contribution >= 4 is 0 Å². The molecular formula is C10H17F3O. The second kappa shape index (κ2) is 4.51. The Morgan fingerprint density at radius 3 is 2.43 bits per heavy atom. The van der Waals surface area contributed by atoms with Crippen LogP contribution in [-0.2, 0) is 0 Å². The Hall–Kier alpha value is -0.250. The van der Waals surface area contributed by atoms with Crippen LogP contribution in [0, 0.1) is 11.8 Å². The largest absolute Gasteiger partial charge is 0.393 e. The van der Waals surface area contributed by atoms with Gasteiger partial charge in [-0.1, -0.05) is 13.3 Å². The molecule has 1 aliphatic rings. The van der Waals surface area contributed by atoms with Gasteiger partial charge in [0.15, 0.2) is 0 Å². The van der Waals surface area contributed by atoms with Crippen LogP contribution in [0.4, 0.5) is 13.2 Å². The highest BCUT2D eigenvalue weighted by atomic mass is 19.4. The van der Waals surface area contributed by atoms with E-state index >= 15 is 0 Å². The van der Waals surface area contributed by atoms with Crippen LogP contribution >= 0.6 is 0 Å². The maximum atomic E-state index is 12.1. The van der Waals surface area contributed by atoms with Gasteiger partial charge in [0.2, 0.25) is 0 Å². The lowest BCUT2D eigenvalue weighted by atomic mass is 9.77. The van der Waals surface area contributed by atoms with E-state index in [1.54, 1.807) is 0 Å². The Morgan fingerprint density at radius 2 is 1.93 bits per heavy atom. The fourth-order valence-corrected chi connectivity index (χ4v) is 2.23. The molecule has 1 aliphatic carbocycles. The summed E-state index contributed by atoms with van der Waals surface area (Å²) in [7, 11) is 0. The Kier molecular flexibility index (Phi) is 3.81. The van der Waals surface area contributed by atoms with Crippen molar-refractivity contribution in [3.63, 3.8) is 0 Å². The zero-order valence-electron chi connectivity index (χ0n) is 8.35. The Morgan fingerprint density at radius 1 is 1.29 bits per heavy atom. The third-order valence-corrected chi connectivity index (χ3v) is 3.12. The van der Waals surface area contributed by atoms with Crippen molar-refractivity contribution in [1.82, 2.24) is 0 Å². The number of aliphatic hydroxyl groups is 1. The van der Waals surface area contributed by atoms with Crippen molar-refractivity contribution in [3.8, 4) is 0 Å². The Labute approximate surface area is 82.3 Å². The summed E-state index contributed by atoms with van der Waals surface area (Å²) in [5.74, 6) is -0.209. The zero-order valence-corrected chi connectivity index (χ0v) is 8.35. The van der Waals surface area contributed by atoms with E-state index in [2.05, 4.69) is 0 Å². The van der Waals surface area contributed by atoms with E-state index < -0.39 is 24.6 Å². The average molecular weight is 210 g/mol. The van der Waals surface area contributed by atoms with Crippen LogP contribution < -0.4 is 0 Å². The minimum atomic E-state index is -4.14. The highest BCUT2D eigenvalue weighted by Crippen LogP contribution is 2.37. The first-order chi connectivity index (χ1) is 6.42. The summed E-state index contributed by atoms with van der Waals surface area (Å²) in [5.41, 5.74) is 0. The van der Waals surface area contributed by atoms with Gasteiger partial charge in [-0.2, -0.15) is 13.2 Å². The normalized spacial score (nSPS) is 34.5. The molecule has 1 fully saturated rings. The molecule has 4 heteroatoms. The van der Waals surface area contributed by atoms with Gasteiger partial charge >= 0.3 is 6.18 Å². The molecule has 1 N–H and O–H groups in total. The molecule has 0 aromatic rings. The van der Waals surface area contributed by atoms with Crippen LogP contribution in [0.15, 0.2) is 0 Å². The standard InChI is InChI=1S/C10H17F3O/c1-2-7-3-4-9(14)8(5-7)6-10(11,12)13/h7-9,14H,2-6H2,1H3. The summed E-state index contributed by atoms with van der Waals surface area (Å²) in [4.78, 5) is 0. The van der Waals surface area contributed by atoms with Gasteiger partial charge in [-0.05, 0) is 31.1 Å². The molecule has 3 atom stereocenters. The lowest BCUT2D eigenvalue weighted by Crippen LogP contribution is -2.32. The molecule has 0 saturated heterocycles. The summed E-state index contributed by atoms with van der Waals surface area (Å²) >= 11 is 0. The third kappa shape index (κ3) is 3.48. The number of alkyl halides is 3. The average Bonchev–Trinajstić information content (AvgIpc) is 2.06. The fourth-order valence-electron chi connectivity index (χ4n) is 2.23. The summed E-state index contributed by atoms with van der Waals surface area (Å²) in [6, 6.07) is 0. The Bertz CT molecular complexity index is 179. The Balaban J connectivity index is 2.48. The monoisotopic (exact) mass is 210 g/mol. The number of aliphatic hydroxyl groups excluding tert-OH is 1. The molecule has 0 aliphatic heterocycles. The fraction of sp³-hybridized carbons (Fsp3) is 1.00. The van der Waals surface area contributed by atoms with E-state index in [0.29, 0.717) is 18.8 Å². The van der Waals surface area contributed by atoms with E-state index in [1.807, 2.05) is 6.92 Å². The van der Waals surface area contributed by atoms with Crippen LogP contribution in [-0.4, -0.2) is 17.4 Å². The number of hydrogen-bond donors (Lipinski definition) is 1. The van der Waals surface area contributed by atoms with Gasteiger partial charge in [0.05, 0.1) is 6.10 Å². The van der Waals surface area contributed by atoms with Crippen molar-refractivity contribution in [2.45, 2.75) is 51.3 Å². The van der Waals surface area contributed by atoms with Gasteiger partial charge in [-0.3, -0.25) is 0 Å². The number of rotatable bonds is 2. The van der Waals surface area contributed by atoms with E-state index in [1.165, 1.54) is 0 Å². The van der Waals surface area contributed by atoms with E-state index in [-0.39, 0.29) is 0 Å². The first kappa shape index (κ1) is 11.8. The first-order valence-corrected chi connectivity index (χ1v) is 5.17. The quantitative estimate of drug-likeness (QED) is 0.742. The third-order valence-electron chi connectivity index (χ3n) is 3.12. The molecular weight excluding hydrogens is 193 g/mol. The SMILES string of the molecule is CCC1CCC(O)C(CC(F)(F)F)C1. The predicted octanol–water partition coefficient (Wildman–Crippen LogP) is 3.13. The summed E-state index contributed by atoms with van der Waals surface area (Å²) in [6.45, 7) is 1.99. The zero-order chi connectivity index (χ0) is 10.8. The van der Waals surface area contributed by atoms with Gasteiger partial charge in [-0.25, -0.2) is 0 Å². The molecule has 3 unspecified atom stereocenters. The predicted molar refractivity (Wildman–Crippen MR) is 47.8 cm³/mol. The molecule has 1 nitrogen and oxygen atoms in total. The molecule has 1 rings (SSSR count). The molecule has 0 amide bonds. The van der Waals surface area contributed by atoms with E-state index in [9.17, 15) is 18.3 Å². The number of halogens is 3. The minimum absolute atomic E-state index is 0.366. The van der Waals surface area contributed by atoms with Crippen molar-refractivity contribution in [2.24, 2.45) is 11.8 Å². The lowest BCUT2D eigenvalue weighted by Gasteiger charge is -2.33. The minimum Gasteiger partial charge on any atom is -0.393 e. The summed E-state index contributed by atoms with van der Waals surface area (Å²) < 4.78 is 36.4. The first-order valence-electron chi connectivity index (χ1n) is 5.17. The van der Waals surface area contributed by atoms with Crippen molar-refractivity contribution in [1.29, 1.82) is 0 Å². The van der Waals surface area contributed by atoms with Crippen LogP contribution in [0.5, 0.6) is 0 Å². The second-order valence-electron chi connectivity index (χ2n) is 4.23. The molecule has 0 radical (unpaired) electrons. The number of hydrogen-bond acceptors (Lipinski definition) is 1. The smallest absolute Gasteiger partial charge is 0.389 e. The molecule has 0 spiro atoms. The van der Waals surface area contributed by atoms with Crippen molar-refractivity contribution < 1.29 is 18.3 Å². The molecule has 84 valence electrons. The maximum absolute atomic E-state index is 12.1. The second-order valence-corrected chi connectivity index (χ2v) is 4.23. The molecule has 0 aromatic heterocycles. The van der Waals surface area contributed by atoms with Crippen LogP contribution in [0.25, 0.3) is 0 Å². The lowest BCUT2D eigenvalue weighted by molar-refractivity contribution is -0.157. The molecule has 0 aromatic carbocycles. The molecule has 1 saturated carbocycles. The van der Waals surface area contributed by atoms with Gasteiger partial charge in [-0.15, -0.1) is 0 Å². The van der Waals surface area contributed by atoms with Crippen molar-refractivity contribution in [3.05, 3.63) is 0 Å². The molecule has 0 heterocycles. The van der Waals surface area contributed by atoms with Gasteiger partial charge in [0, 0.05) is 6.42 Å². The molecule has 0 bridgehead atoms. The highest BCUT2D eigenvalue weighted by Gasteiger charge is 2.38. The van der Waals surface area contributed by atoms with E-state index in [0.717, 1.165) is 12.8 Å². The maximum Gasteiger partial charge on any atom is 0.389 e. The van der Waals surface area contributed by atoms with Gasteiger partial charge < -0.3 is 5.11 Å². The van der Waals surface area contributed by atoms with Crippen LogP contribution in [0.1, 0.15) is 39.0 Å². The van der Waals surface area contributed by atoms with Gasteiger partial charge in [0.25, 0.3) is 0 Å². The van der Waals surface area contributed by atoms with E-state index in [4.69, 9.17) is 0 Å². The van der Waals surface area contributed by atoms with Gasteiger partial charge in [0.1, 0.15) is 0 Å². The van der Waals surface area contributed by atoms with Crippen LogP contribution in [0.2, 0.25) is 0 Å². The molecule has 14 heavy (non-hydrogen) atoms. The van der Waals surface area contributed by atoms with Crippen LogP contribution in [0.3, 0.4) is 0 Å². The topological polar surface area (TPSA) is 20.2 Å². The highest BCUT2D eigenvalue weighted by molar-refractivity contribution is 4.80. The summed E-state index contributed by atoms with van der Waals surface area (Å²) in [5, 5.41) is 9.45.